The largest absolute Gasteiger partial charge is 0.359 e. The van der Waals surface area contributed by atoms with Gasteiger partial charge in [-0.3, -0.25) is 9.98 Å². The molecule has 0 fully saturated rings. The molecule has 0 aromatic heterocycles. The van der Waals surface area contributed by atoms with Crippen LogP contribution in [-0.2, 0) is 6.42 Å². The van der Waals surface area contributed by atoms with Crippen LogP contribution in [0, 0.1) is 11.3 Å². The summed E-state index contributed by atoms with van der Waals surface area (Å²) in [5.74, 6) is 0.527. The summed E-state index contributed by atoms with van der Waals surface area (Å²) in [5.41, 5.74) is 6.81. The summed E-state index contributed by atoms with van der Waals surface area (Å²) in [4.78, 5) is 8.42. The molecule has 160 valence electrons. The topological polar surface area (TPSA) is 60.6 Å². The van der Waals surface area contributed by atoms with Crippen LogP contribution in [0.5, 0.6) is 0 Å². The molecule has 4 heteroatoms. The van der Waals surface area contributed by atoms with Crippen molar-refractivity contribution in [2.75, 3.05) is 11.9 Å². The zero-order valence-corrected chi connectivity index (χ0v) is 18.7. The van der Waals surface area contributed by atoms with Gasteiger partial charge in [-0.15, -0.1) is 0 Å². The van der Waals surface area contributed by atoms with E-state index in [1.165, 1.54) is 17.2 Å². The van der Waals surface area contributed by atoms with Gasteiger partial charge in [0.25, 0.3) is 0 Å². The van der Waals surface area contributed by atoms with Crippen molar-refractivity contribution in [2.45, 2.75) is 27.2 Å². The summed E-state index contributed by atoms with van der Waals surface area (Å²) in [7, 11) is 0. The number of anilines is 1. The van der Waals surface area contributed by atoms with Crippen molar-refractivity contribution in [1.82, 2.24) is 0 Å². The van der Waals surface area contributed by atoms with E-state index in [1.807, 2.05) is 13.1 Å². The number of hydrogen-bond acceptors (Lipinski definition) is 4. The lowest BCUT2D eigenvalue weighted by atomic mass is 10.0. The van der Waals surface area contributed by atoms with Gasteiger partial charge >= 0.3 is 0 Å². The van der Waals surface area contributed by atoms with Crippen molar-refractivity contribution in [2.24, 2.45) is 15.9 Å². The Balaban J connectivity index is 2.04. The van der Waals surface area contributed by atoms with Gasteiger partial charge in [-0.1, -0.05) is 56.8 Å². The molecule has 4 nitrogen and oxygen atoms in total. The maximum absolute atomic E-state index is 7.65. The summed E-state index contributed by atoms with van der Waals surface area (Å²) >= 11 is 0. The lowest BCUT2D eigenvalue weighted by Gasteiger charge is -2.09. The van der Waals surface area contributed by atoms with Crippen LogP contribution in [0.4, 0.5) is 5.69 Å². The summed E-state index contributed by atoms with van der Waals surface area (Å²) in [5, 5.41) is 10.9. The van der Waals surface area contributed by atoms with Gasteiger partial charge in [0.1, 0.15) is 0 Å². The van der Waals surface area contributed by atoms with Gasteiger partial charge < -0.3 is 10.7 Å². The first-order valence-corrected chi connectivity index (χ1v) is 10.4. The van der Waals surface area contributed by atoms with Crippen molar-refractivity contribution in [3.05, 3.63) is 95.8 Å². The fraction of sp³-hybridized carbons (Fsp3) is 0.222. The van der Waals surface area contributed by atoms with Crippen LogP contribution in [-0.4, -0.2) is 25.2 Å². The number of rotatable bonds is 11. The monoisotopic (exact) mass is 412 g/mol. The normalized spacial score (nSPS) is 12.3. The number of allylic oxidation sites excluding steroid dienone is 4. The Morgan fingerprint density at radius 1 is 1.06 bits per heavy atom. The van der Waals surface area contributed by atoms with Gasteiger partial charge in [0.15, 0.2) is 0 Å². The highest BCUT2D eigenvalue weighted by molar-refractivity contribution is 6.09. The zero-order chi connectivity index (χ0) is 22.6. The Hall–Kier alpha value is -3.53. The summed E-state index contributed by atoms with van der Waals surface area (Å²) < 4.78 is 0. The molecule has 0 unspecified atom stereocenters. The van der Waals surface area contributed by atoms with Crippen molar-refractivity contribution >= 4 is 29.9 Å². The average molecular weight is 413 g/mol. The Morgan fingerprint density at radius 3 is 2.23 bits per heavy atom. The van der Waals surface area contributed by atoms with Gasteiger partial charge in [0.2, 0.25) is 0 Å². The van der Waals surface area contributed by atoms with Crippen LogP contribution < -0.4 is 5.32 Å². The fourth-order valence-electron chi connectivity index (χ4n) is 2.96. The van der Waals surface area contributed by atoms with Crippen LogP contribution in [0.15, 0.2) is 89.1 Å². The SMILES string of the molecule is C=CC(=N)/C=C(/C)Nc1ccc(Cc2ccc(C(/C=N\CC(C)C)=C/N=C)cc2)cc1. The van der Waals surface area contributed by atoms with Crippen LogP contribution >= 0.6 is 0 Å². The third-order valence-corrected chi connectivity index (χ3v) is 4.51. The molecular formula is C27H32N4. The Kier molecular flexibility index (Phi) is 9.37. The quantitative estimate of drug-likeness (QED) is 0.403. The van der Waals surface area contributed by atoms with Gasteiger partial charge in [0.05, 0.1) is 5.71 Å². The Morgan fingerprint density at radius 2 is 1.68 bits per heavy atom. The molecule has 31 heavy (non-hydrogen) atoms. The van der Waals surface area contributed by atoms with Crippen molar-refractivity contribution < 1.29 is 0 Å². The van der Waals surface area contributed by atoms with E-state index >= 15 is 0 Å². The Bertz CT molecular complexity index is 975. The molecule has 0 amide bonds. The molecule has 0 aliphatic carbocycles. The van der Waals surface area contributed by atoms with E-state index in [1.54, 1.807) is 12.3 Å². The first-order valence-electron chi connectivity index (χ1n) is 10.4. The van der Waals surface area contributed by atoms with Gasteiger partial charge in [0, 0.05) is 35.9 Å². The molecule has 2 rings (SSSR count). The van der Waals surface area contributed by atoms with E-state index in [0.717, 1.165) is 35.5 Å². The fourth-order valence-corrected chi connectivity index (χ4v) is 2.96. The molecule has 0 aliphatic heterocycles. The van der Waals surface area contributed by atoms with Crippen molar-refractivity contribution in [3.63, 3.8) is 0 Å². The van der Waals surface area contributed by atoms with E-state index in [-0.39, 0.29) is 0 Å². The number of nitrogens with one attached hydrogen (secondary N) is 2. The highest BCUT2D eigenvalue weighted by Gasteiger charge is 2.02. The lowest BCUT2D eigenvalue weighted by Crippen LogP contribution is -1.98. The first-order chi connectivity index (χ1) is 14.9. The van der Waals surface area contributed by atoms with E-state index in [4.69, 9.17) is 5.41 Å². The molecule has 2 aromatic carbocycles. The minimum Gasteiger partial charge on any atom is -0.359 e. The molecule has 0 atom stereocenters. The van der Waals surface area contributed by atoms with Crippen LogP contribution in [0.25, 0.3) is 5.57 Å². The molecule has 2 N–H and O–H groups in total. The second kappa shape index (κ2) is 12.2. The predicted molar refractivity (Wildman–Crippen MR) is 137 cm³/mol. The molecule has 0 radical (unpaired) electrons. The van der Waals surface area contributed by atoms with Crippen LogP contribution in [0.3, 0.4) is 0 Å². The summed E-state index contributed by atoms with van der Waals surface area (Å²) in [6.07, 6.45) is 7.75. The summed E-state index contributed by atoms with van der Waals surface area (Å²) in [6, 6.07) is 16.8. The highest BCUT2D eigenvalue weighted by Crippen LogP contribution is 2.18. The molecule has 2 aromatic rings. The van der Waals surface area contributed by atoms with Gasteiger partial charge in [-0.2, -0.15) is 0 Å². The van der Waals surface area contributed by atoms with Gasteiger partial charge in [-0.05, 0) is 67.0 Å². The van der Waals surface area contributed by atoms with Crippen molar-refractivity contribution in [3.8, 4) is 0 Å². The van der Waals surface area contributed by atoms with E-state index in [2.05, 4.69) is 91.0 Å². The van der Waals surface area contributed by atoms with Crippen molar-refractivity contribution in [1.29, 1.82) is 5.41 Å². The number of nitrogens with zero attached hydrogens (tertiary/aromatic N) is 2. The highest BCUT2D eigenvalue weighted by atomic mass is 14.9. The molecular weight excluding hydrogens is 380 g/mol. The minimum atomic E-state index is 0.387. The predicted octanol–water partition coefficient (Wildman–Crippen LogP) is 6.57. The maximum atomic E-state index is 7.65. The van der Waals surface area contributed by atoms with E-state index in [9.17, 15) is 0 Å². The lowest BCUT2D eigenvalue weighted by molar-refractivity contribution is 0.667. The van der Waals surface area contributed by atoms with Gasteiger partial charge in [-0.25, -0.2) is 0 Å². The standard InChI is InChI=1S/C27H32N4/c1-6-26(28)15-21(4)31-27-13-9-23(10-14-27)16-22-7-11-24(12-8-22)25(18-29-5)19-30-17-20(2)3/h6-15,18-20,28,31H,1,5,16-17H2,2-4H3/b21-15-,25-18+,28-26?,30-19-. The summed E-state index contributed by atoms with van der Waals surface area (Å²) in [6.45, 7) is 14.2. The molecule has 0 saturated carbocycles. The third-order valence-electron chi connectivity index (χ3n) is 4.51. The molecule has 0 spiro atoms. The smallest absolute Gasteiger partial charge is 0.0551 e. The third kappa shape index (κ3) is 8.39. The second-order valence-electron chi connectivity index (χ2n) is 7.84. The minimum absolute atomic E-state index is 0.387. The first kappa shape index (κ1) is 23.7. The maximum Gasteiger partial charge on any atom is 0.0551 e. The molecule has 0 heterocycles. The molecule has 0 bridgehead atoms. The number of benzene rings is 2. The molecule has 0 aliphatic rings. The van der Waals surface area contributed by atoms with E-state index in [0.29, 0.717) is 11.6 Å². The Labute approximate surface area is 186 Å². The average Bonchev–Trinajstić information content (AvgIpc) is 2.74. The molecule has 0 saturated heterocycles. The zero-order valence-electron chi connectivity index (χ0n) is 18.7. The second-order valence-corrected chi connectivity index (χ2v) is 7.84. The number of hydrogen-bond donors (Lipinski definition) is 2. The van der Waals surface area contributed by atoms with Crippen LogP contribution in [0.1, 0.15) is 37.5 Å². The van der Waals surface area contributed by atoms with E-state index < -0.39 is 0 Å². The van der Waals surface area contributed by atoms with Crippen LogP contribution in [0.2, 0.25) is 0 Å². The number of aliphatic imine (C=N–C) groups is 2.